The van der Waals surface area contributed by atoms with Crippen molar-refractivity contribution in [3.63, 3.8) is 0 Å². The number of hydrogen-bond donors (Lipinski definition) is 2. The van der Waals surface area contributed by atoms with Crippen molar-refractivity contribution in [3.8, 4) is 0 Å². The molecule has 5 nitrogen and oxygen atoms in total. The first kappa shape index (κ1) is 13.0. The second-order valence-corrected chi connectivity index (χ2v) is 3.29. The van der Waals surface area contributed by atoms with Gasteiger partial charge in [-0.1, -0.05) is 0 Å². The summed E-state index contributed by atoms with van der Waals surface area (Å²) in [4.78, 5) is 15.3. The minimum Gasteiger partial charge on any atom is -0.463 e. The maximum absolute atomic E-state index is 11.3. The second kappa shape index (κ2) is 5.70. The van der Waals surface area contributed by atoms with E-state index in [0.717, 1.165) is 0 Å². The molecule has 0 bridgehead atoms. The van der Waals surface area contributed by atoms with E-state index in [1.54, 1.807) is 0 Å². The van der Waals surface area contributed by atoms with Crippen LogP contribution in [0.25, 0.3) is 0 Å². The molecule has 1 unspecified atom stereocenters. The molecular formula is C8H16ClN3O2. The number of nitrogens with one attached hydrogen (secondary N) is 1. The molecule has 0 spiro atoms. The second-order valence-electron chi connectivity index (χ2n) is 3.29. The van der Waals surface area contributed by atoms with Gasteiger partial charge in [0.25, 0.3) is 0 Å². The average molecular weight is 222 g/mol. The highest BCUT2D eigenvalue weighted by Gasteiger charge is 2.23. The molecule has 0 saturated carbocycles. The van der Waals surface area contributed by atoms with Crippen molar-refractivity contribution in [1.29, 1.82) is 0 Å². The van der Waals surface area contributed by atoms with Crippen molar-refractivity contribution >= 4 is 24.3 Å². The van der Waals surface area contributed by atoms with Crippen molar-refractivity contribution < 1.29 is 9.53 Å². The van der Waals surface area contributed by atoms with Crippen LogP contribution in [0.1, 0.15) is 13.8 Å². The Morgan fingerprint density at radius 1 is 1.71 bits per heavy atom. The van der Waals surface area contributed by atoms with Crippen LogP contribution in [0.2, 0.25) is 0 Å². The van der Waals surface area contributed by atoms with Gasteiger partial charge in [-0.25, -0.2) is 0 Å². The zero-order valence-corrected chi connectivity index (χ0v) is 9.13. The fourth-order valence-corrected chi connectivity index (χ4v) is 1.04. The van der Waals surface area contributed by atoms with Gasteiger partial charge in [0.15, 0.2) is 5.96 Å². The lowest BCUT2D eigenvalue weighted by Gasteiger charge is -2.20. The number of rotatable bonds is 2. The van der Waals surface area contributed by atoms with Gasteiger partial charge in [-0.15, -0.1) is 12.4 Å². The Kier molecular flexibility index (Phi) is 5.30. The van der Waals surface area contributed by atoms with Crippen LogP contribution in [0.15, 0.2) is 4.99 Å². The zero-order chi connectivity index (χ0) is 9.84. The number of esters is 1. The maximum Gasteiger partial charge on any atom is 0.312 e. The summed E-state index contributed by atoms with van der Waals surface area (Å²) in [6.45, 7) is 4.59. The first-order chi connectivity index (χ1) is 6.09. The molecule has 3 N–H and O–H groups in total. The maximum atomic E-state index is 11.3. The SMILES string of the molecule is CC(C)OC(=O)C1CN=C(N)NC1.Cl. The molecule has 1 aliphatic heterocycles. The molecule has 0 radical (unpaired) electrons. The van der Waals surface area contributed by atoms with Crippen LogP contribution in [0.3, 0.4) is 0 Å². The number of nitrogens with zero attached hydrogens (tertiary/aromatic N) is 1. The van der Waals surface area contributed by atoms with E-state index < -0.39 is 0 Å². The predicted octanol–water partition coefficient (Wildman–Crippen LogP) is -0.106. The third-order valence-electron chi connectivity index (χ3n) is 1.70. The van der Waals surface area contributed by atoms with Crippen LogP contribution in [0.4, 0.5) is 0 Å². The fraction of sp³-hybridized carbons (Fsp3) is 0.750. The van der Waals surface area contributed by atoms with Gasteiger partial charge in [-0.05, 0) is 13.8 Å². The Hall–Kier alpha value is -0.970. The molecule has 0 aromatic rings. The molecule has 1 heterocycles. The van der Waals surface area contributed by atoms with Gasteiger partial charge in [0.2, 0.25) is 0 Å². The Balaban J connectivity index is 0.00000169. The van der Waals surface area contributed by atoms with Gasteiger partial charge in [-0.3, -0.25) is 9.79 Å². The fourth-order valence-electron chi connectivity index (χ4n) is 1.04. The van der Waals surface area contributed by atoms with Crippen LogP contribution < -0.4 is 11.1 Å². The molecule has 0 amide bonds. The van der Waals surface area contributed by atoms with E-state index in [1.807, 2.05) is 13.8 Å². The predicted molar refractivity (Wildman–Crippen MR) is 56.5 cm³/mol. The minimum absolute atomic E-state index is 0. The standard InChI is InChI=1S/C8H15N3O2.ClH/c1-5(2)13-7(12)6-3-10-8(9)11-4-6;/h5-6H,3-4H2,1-2H3,(H3,9,10,11);1H. The van der Waals surface area contributed by atoms with Crippen molar-refractivity contribution in [2.24, 2.45) is 16.6 Å². The summed E-state index contributed by atoms with van der Waals surface area (Å²) in [5.41, 5.74) is 5.39. The number of nitrogens with two attached hydrogens (primary N) is 1. The number of halogens is 1. The van der Waals surface area contributed by atoms with E-state index >= 15 is 0 Å². The summed E-state index contributed by atoms with van der Waals surface area (Å²) in [7, 11) is 0. The van der Waals surface area contributed by atoms with Crippen LogP contribution in [-0.4, -0.2) is 31.1 Å². The van der Waals surface area contributed by atoms with Gasteiger partial charge in [-0.2, -0.15) is 0 Å². The summed E-state index contributed by atoms with van der Waals surface area (Å²) >= 11 is 0. The molecule has 0 fully saturated rings. The highest BCUT2D eigenvalue weighted by molar-refractivity contribution is 5.85. The summed E-state index contributed by atoms with van der Waals surface area (Å²) in [6.07, 6.45) is -0.0734. The Labute approximate surface area is 89.5 Å². The van der Waals surface area contributed by atoms with Crippen molar-refractivity contribution in [1.82, 2.24) is 5.32 Å². The Morgan fingerprint density at radius 3 is 2.79 bits per heavy atom. The average Bonchev–Trinajstić information content (AvgIpc) is 2.04. The molecule has 0 aromatic carbocycles. The van der Waals surface area contributed by atoms with Crippen molar-refractivity contribution in [2.45, 2.75) is 20.0 Å². The molecule has 82 valence electrons. The number of ether oxygens (including phenoxy) is 1. The van der Waals surface area contributed by atoms with Gasteiger partial charge >= 0.3 is 5.97 Å². The monoisotopic (exact) mass is 221 g/mol. The van der Waals surface area contributed by atoms with Crippen molar-refractivity contribution in [3.05, 3.63) is 0 Å². The number of hydrogen-bond acceptors (Lipinski definition) is 5. The summed E-state index contributed by atoms with van der Waals surface area (Å²) in [5, 5.41) is 2.81. The zero-order valence-electron chi connectivity index (χ0n) is 8.32. The van der Waals surface area contributed by atoms with E-state index in [4.69, 9.17) is 10.5 Å². The molecule has 0 saturated heterocycles. The molecule has 1 rings (SSSR count). The normalized spacial score (nSPS) is 20.5. The summed E-state index contributed by atoms with van der Waals surface area (Å²) in [5.74, 6) is -0.0120. The first-order valence-corrected chi connectivity index (χ1v) is 4.34. The van der Waals surface area contributed by atoms with E-state index in [9.17, 15) is 4.79 Å². The number of aliphatic imine (C=N–C) groups is 1. The number of carbonyl (C=O) groups is 1. The van der Waals surface area contributed by atoms with Crippen LogP contribution >= 0.6 is 12.4 Å². The van der Waals surface area contributed by atoms with E-state index in [-0.39, 0.29) is 30.4 Å². The van der Waals surface area contributed by atoms with Crippen LogP contribution in [0.5, 0.6) is 0 Å². The van der Waals surface area contributed by atoms with Crippen molar-refractivity contribution in [2.75, 3.05) is 13.1 Å². The van der Waals surface area contributed by atoms with Gasteiger partial charge < -0.3 is 15.8 Å². The molecule has 0 aromatic heterocycles. The number of guanidine groups is 1. The number of carbonyl (C=O) groups excluding carboxylic acids is 1. The highest BCUT2D eigenvalue weighted by Crippen LogP contribution is 2.04. The third kappa shape index (κ3) is 3.83. The molecular weight excluding hydrogens is 206 g/mol. The van der Waals surface area contributed by atoms with E-state index in [0.29, 0.717) is 19.0 Å². The van der Waals surface area contributed by atoms with E-state index in [2.05, 4.69) is 10.3 Å². The van der Waals surface area contributed by atoms with Crippen LogP contribution in [-0.2, 0) is 9.53 Å². The lowest BCUT2D eigenvalue weighted by molar-refractivity contribution is -0.151. The minimum atomic E-state index is -0.209. The lowest BCUT2D eigenvalue weighted by Crippen LogP contribution is -2.44. The Bertz CT molecular complexity index is 231. The molecule has 14 heavy (non-hydrogen) atoms. The summed E-state index contributed by atoms with van der Waals surface area (Å²) < 4.78 is 5.04. The van der Waals surface area contributed by atoms with Gasteiger partial charge in [0, 0.05) is 6.54 Å². The third-order valence-corrected chi connectivity index (χ3v) is 1.70. The molecule has 6 heteroatoms. The van der Waals surface area contributed by atoms with Crippen LogP contribution in [0, 0.1) is 5.92 Å². The Morgan fingerprint density at radius 2 is 2.36 bits per heavy atom. The lowest BCUT2D eigenvalue weighted by atomic mass is 10.1. The molecule has 1 aliphatic rings. The first-order valence-electron chi connectivity index (χ1n) is 4.34. The quantitative estimate of drug-likeness (QED) is 0.639. The van der Waals surface area contributed by atoms with Gasteiger partial charge in [0.05, 0.1) is 18.6 Å². The van der Waals surface area contributed by atoms with E-state index in [1.165, 1.54) is 0 Å². The van der Waals surface area contributed by atoms with Gasteiger partial charge in [0.1, 0.15) is 0 Å². The summed E-state index contributed by atoms with van der Waals surface area (Å²) in [6, 6.07) is 0. The molecule has 1 atom stereocenters. The highest BCUT2D eigenvalue weighted by atomic mass is 35.5. The largest absolute Gasteiger partial charge is 0.463 e. The molecule has 0 aliphatic carbocycles. The topological polar surface area (TPSA) is 76.7 Å². The smallest absolute Gasteiger partial charge is 0.312 e.